The van der Waals surface area contributed by atoms with E-state index in [1.165, 1.54) is 6.08 Å². The predicted molar refractivity (Wildman–Crippen MR) is 46.4 cm³/mol. The molecule has 0 aliphatic heterocycles. The first-order valence-electron chi connectivity index (χ1n) is 4.12. The fourth-order valence-corrected chi connectivity index (χ4v) is 1.26. The Kier molecular flexibility index (Phi) is 2.46. The van der Waals surface area contributed by atoms with Crippen LogP contribution in [0.2, 0.25) is 0 Å². The Morgan fingerprint density at radius 2 is 2.08 bits per heavy atom. The number of allylic oxidation sites excluding steroid dienone is 4. The Bertz CT molecular complexity index is 272. The van der Waals surface area contributed by atoms with E-state index in [4.69, 9.17) is 0 Å². The number of halogens is 1. The Hall–Kier alpha value is -0.920. The molecule has 0 amide bonds. The molecule has 12 heavy (non-hydrogen) atoms. The van der Waals surface area contributed by atoms with Crippen LogP contribution in [-0.4, -0.2) is 5.78 Å². The number of hydrogen-bond donors (Lipinski definition) is 0. The van der Waals surface area contributed by atoms with Crippen LogP contribution in [0.25, 0.3) is 0 Å². The number of rotatable bonds is 1. The van der Waals surface area contributed by atoms with Gasteiger partial charge in [-0.2, -0.15) is 0 Å². The second-order valence-corrected chi connectivity index (χ2v) is 3.48. The van der Waals surface area contributed by atoms with Crippen LogP contribution in [0.1, 0.15) is 27.2 Å². The van der Waals surface area contributed by atoms with Gasteiger partial charge < -0.3 is 0 Å². The lowest BCUT2D eigenvalue weighted by Crippen LogP contribution is -2.12. The van der Waals surface area contributed by atoms with Crippen LogP contribution in [0.15, 0.2) is 23.0 Å². The van der Waals surface area contributed by atoms with Crippen molar-refractivity contribution in [3.8, 4) is 0 Å². The lowest BCUT2D eigenvalue weighted by molar-refractivity contribution is -0.115. The number of carbonyl (C=O) groups excluding carboxylic acids is 1. The topological polar surface area (TPSA) is 17.1 Å². The highest BCUT2D eigenvalue weighted by Gasteiger charge is 2.20. The number of ketones is 1. The van der Waals surface area contributed by atoms with Gasteiger partial charge in [0, 0.05) is 12.0 Å². The first kappa shape index (κ1) is 9.17. The van der Waals surface area contributed by atoms with Crippen molar-refractivity contribution in [2.45, 2.75) is 27.2 Å². The molecule has 66 valence electrons. The fraction of sp³-hybridized carbons (Fsp3) is 0.500. The van der Waals surface area contributed by atoms with Crippen LogP contribution in [-0.2, 0) is 4.79 Å². The molecule has 0 spiro atoms. The summed E-state index contributed by atoms with van der Waals surface area (Å²) in [6.07, 6.45) is 1.61. The minimum atomic E-state index is -0.238. The van der Waals surface area contributed by atoms with E-state index < -0.39 is 0 Å². The van der Waals surface area contributed by atoms with Crippen molar-refractivity contribution in [3.05, 3.63) is 23.0 Å². The van der Waals surface area contributed by atoms with Crippen molar-refractivity contribution >= 4 is 5.78 Å². The van der Waals surface area contributed by atoms with E-state index >= 15 is 0 Å². The summed E-state index contributed by atoms with van der Waals surface area (Å²) >= 11 is 0. The molecule has 1 aliphatic rings. The van der Waals surface area contributed by atoms with Gasteiger partial charge >= 0.3 is 0 Å². The van der Waals surface area contributed by atoms with Gasteiger partial charge in [0.05, 0.1) is 0 Å². The summed E-state index contributed by atoms with van der Waals surface area (Å²) in [5, 5.41) is 0. The molecule has 0 saturated heterocycles. The van der Waals surface area contributed by atoms with Gasteiger partial charge in [-0.15, -0.1) is 0 Å². The Balaban J connectivity index is 3.01. The van der Waals surface area contributed by atoms with Gasteiger partial charge in [0.25, 0.3) is 0 Å². The molecule has 0 aromatic rings. The van der Waals surface area contributed by atoms with Gasteiger partial charge in [0.2, 0.25) is 0 Å². The van der Waals surface area contributed by atoms with Gasteiger partial charge in [-0.05, 0) is 24.5 Å². The average molecular weight is 168 g/mol. The highest BCUT2D eigenvalue weighted by atomic mass is 19.1. The molecule has 1 rings (SSSR count). The largest absolute Gasteiger partial charge is 0.294 e. The summed E-state index contributed by atoms with van der Waals surface area (Å²) in [6.45, 7) is 5.45. The minimum Gasteiger partial charge on any atom is -0.294 e. The Labute approximate surface area is 72.0 Å². The zero-order valence-electron chi connectivity index (χ0n) is 7.65. The molecular weight excluding hydrogens is 155 g/mol. The highest BCUT2D eigenvalue weighted by molar-refractivity contribution is 5.98. The Morgan fingerprint density at radius 3 is 2.58 bits per heavy atom. The molecule has 1 nitrogen and oxygen atoms in total. The highest BCUT2D eigenvalue weighted by Crippen LogP contribution is 2.25. The molecular formula is C10H13FO. The van der Waals surface area contributed by atoms with Crippen molar-refractivity contribution < 1.29 is 9.18 Å². The summed E-state index contributed by atoms with van der Waals surface area (Å²) in [5.41, 5.74) is 1.16. The van der Waals surface area contributed by atoms with E-state index in [1.807, 2.05) is 13.8 Å². The second-order valence-electron chi connectivity index (χ2n) is 3.48. The lowest BCUT2D eigenvalue weighted by atomic mass is 9.90. The third kappa shape index (κ3) is 1.63. The lowest BCUT2D eigenvalue weighted by Gasteiger charge is -2.15. The van der Waals surface area contributed by atoms with Crippen molar-refractivity contribution in [2.24, 2.45) is 5.92 Å². The first-order valence-corrected chi connectivity index (χ1v) is 4.12. The molecule has 0 unspecified atom stereocenters. The van der Waals surface area contributed by atoms with Gasteiger partial charge in [-0.3, -0.25) is 4.79 Å². The molecule has 0 radical (unpaired) electrons. The quantitative estimate of drug-likeness (QED) is 0.588. The summed E-state index contributed by atoms with van der Waals surface area (Å²) in [6, 6.07) is 0. The fourth-order valence-electron chi connectivity index (χ4n) is 1.26. The van der Waals surface area contributed by atoms with Crippen molar-refractivity contribution in [3.63, 3.8) is 0 Å². The zero-order chi connectivity index (χ0) is 9.30. The molecule has 0 atom stereocenters. The average Bonchev–Trinajstić information content (AvgIpc) is 1.96. The predicted octanol–water partition coefficient (Wildman–Crippen LogP) is 2.79. The van der Waals surface area contributed by atoms with Crippen molar-refractivity contribution in [1.82, 2.24) is 0 Å². The standard InChI is InChI=1S/C10H13FO/c1-6(2)8-5-9(11)7(3)4-10(8)12/h5-6H,4H2,1-3H3. The van der Waals surface area contributed by atoms with Gasteiger partial charge in [0.15, 0.2) is 5.78 Å². The summed E-state index contributed by atoms with van der Waals surface area (Å²) in [5.74, 6) is -0.0569. The summed E-state index contributed by atoms with van der Waals surface area (Å²) in [7, 11) is 0. The van der Waals surface area contributed by atoms with Crippen LogP contribution in [0.5, 0.6) is 0 Å². The Morgan fingerprint density at radius 1 is 1.50 bits per heavy atom. The van der Waals surface area contributed by atoms with E-state index in [0.29, 0.717) is 11.1 Å². The van der Waals surface area contributed by atoms with Gasteiger partial charge in [0.1, 0.15) is 5.83 Å². The zero-order valence-corrected chi connectivity index (χ0v) is 7.65. The SMILES string of the molecule is CC1=C(F)C=C(C(C)C)C(=O)C1. The van der Waals surface area contributed by atoms with E-state index in [9.17, 15) is 9.18 Å². The summed E-state index contributed by atoms with van der Waals surface area (Å²) < 4.78 is 13.0. The first-order chi connectivity index (χ1) is 5.52. The van der Waals surface area contributed by atoms with Gasteiger partial charge in [-0.25, -0.2) is 4.39 Å². The monoisotopic (exact) mass is 168 g/mol. The van der Waals surface area contributed by atoms with Crippen LogP contribution in [0.4, 0.5) is 4.39 Å². The van der Waals surface area contributed by atoms with Crippen LogP contribution in [0, 0.1) is 5.92 Å². The van der Waals surface area contributed by atoms with E-state index in [0.717, 1.165) is 0 Å². The number of carbonyl (C=O) groups is 1. The molecule has 0 saturated carbocycles. The maximum atomic E-state index is 13.0. The van der Waals surface area contributed by atoms with Crippen LogP contribution in [0.3, 0.4) is 0 Å². The van der Waals surface area contributed by atoms with Gasteiger partial charge in [-0.1, -0.05) is 13.8 Å². The van der Waals surface area contributed by atoms with E-state index in [-0.39, 0.29) is 23.9 Å². The third-order valence-corrected chi connectivity index (χ3v) is 2.06. The molecule has 0 bridgehead atoms. The number of hydrogen-bond acceptors (Lipinski definition) is 1. The molecule has 0 N–H and O–H groups in total. The smallest absolute Gasteiger partial charge is 0.163 e. The molecule has 2 heteroatoms. The second kappa shape index (κ2) is 3.21. The maximum absolute atomic E-state index is 13.0. The molecule has 0 fully saturated rings. The maximum Gasteiger partial charge on any atom is 0.163 e. The van der Waals surface area contributed by atoms with Crippen LogP contribution >= 0.6 is 0 Å². The van der Waals surface area contributed by atoms with Crippen molar-refractivity contribution in [1.29, 1.82) is 0 Å². The van der Waals surface area contributed by atoms with E-state index in [2.05, 4.69) is 0 Å². The molecule has 0 aromatic heterocycles. The van der Waals surface area contributed by atoms with Crippen molar-refractivity contribution in [2.75, 3.05) is 0 Å². The molecule has 0 heterocycles. The molecule has 0 aromatic carbocycles. The third-order valence-electron chi connectivity index (χ3n) is 2.06. The molecule has 1 aliphatic carbocycles. The van der Waals surface area contributed by atoms with Crippen LogP contribution < -0.4 is 0 Å². The minimum absolute atomic E-state index is 0.0592. The van der Waals surface area contributed by atoms with E-state index in [1.54, 1.807) is 6.92 Å². The normalized spacial score (nSPS) is 18.8. The number of Topliss-reactive ketones (excluding diaryl/α,β-unsaturated/α-hetero) is 1. The summed E-state index contributed by atoms with van der Waals surface area (Å²) in [4.78, 5) is 11.3.